The second-order valence-corrected chi connectivity index (χ2v) is 7.22. The van der Waals surface area contributed by atoms with Crippen molar-refractivity contribution < 1.29 is 4.74 Å². The van der Waals surface area contributed by atoms with Gasteiger partial charge in [0.2, 0.25) is 0 Å². The first-order valence-corrected chi connectivity index (χ1v) is 10.0. The molecule has 3 heterocycles. The molecule has 0 spiro atoms. The van der Waals surface area contributed by atoms with Gasteiger partial charge in [0.15, 0.2) is 0 Å². The van der Waals surface area contributed by atoms with Gasteiger partial charge in [-0.05, 0) is 17.5 Å². The quantitative estimate of drug-likeness (QED) is 0.807. The number of rotatable bonds is 5. The van der Waals surface area contributed by atoms with E-state index in [1.54, 1.807) is 6.33 Å². The molecule has 0 bridgehead atoms. The summed E-state index contributed by atoms with van der Waals surface area (Å²) >= 11 is 0. The number of hydrogen-bond donors (Lipinski definition) is 0. The first-order chi connectivity index (χ1) is 13.3. The third-order valence-electron chi connectivity index (χ3n) is 5.56. The molecule has 144 valence electrons. The van der Waals surface area contributed by atoms with Crippen molar-refractivity contribution in [2.45, 2.75) is 19.9 Å². The zero-order valence-corrected chi connectivity index (χ0v) is 16.2. The number of anilines is 2. The summed E-state index contributed by atoms with van der Waals surface area (Å²) in [5.41, 5.74) is 2.93. The zero-order chi connectivity index (χ0) is 18.5. The van der Waals surface area contributed by atoms with Crippen molar-refractivity contribution >= 4 is 11.6 Å². The third kappa shape index (κ3) is 4.39. The number of piperazine rings is 1. The first-order valence-electron chi connectivity index (χ1n) is 10.0. The van der Waals surface area contributed by atoms with Crippen LogP contribution in [-0.2, 0) is 17.7 Å². The van der Waals surface area contributed by atoms with Gasteiger partial charge in [-0.1, -0.05) is 31.2 Å². The van der Waals surface area contributed by atoms with Gasteiger partial charge in [0, 0.05) is 51.9 Å². The van der Waals surface area contributed by atoms with Crippen LogP contribution in [0.5, 0.6) is 0 Å². The summed E-state index contributed by atoms with van der Waals surface area (Å²) in [6.07, 6.45) is 2.80. The van der Waals surface area contributed by atoms with E-state index in [1.165, 1.54) is 11.1 Å². The van der Waals surface area contributed by atoms with Crippen LogP contribution in [0.3, 0.4) is 0 Å². The fourth-order valence-corrected chi connectivity index (χ4v) is 3.91. The number of benzene rings is 1. The van der Waals surface area contributed by atoms with Crippen LogP contribution in [0, 0.1) is 0 Å². The predicted octanol–water partition coefficient (Wildman–Crippen LogP) is 2.20. The molecule has 27 heavy (non-hydrogen) atoms. The molecule has 2 aliphatic heterocycles. The lowest BCUT2D eigenvalue weighted by Gasteiger charge is -2.36. The zero-order valence-electron chi connectivity index (χ0n) is 16.2. The number of aromatic nitrogens is 2. The maximum absolute atomic E-state index is 5.44. The highest BCUT2D eigenvalue weighted by atomic mass is 16.5. The highest BCUT2D eigenvalue weighted by Gasteiger charge is 2.20. The molecule has 2 saturated heterocycles. The molecule has 6 nitrogen and oxygen atoms in total. The van der Waals surface area contributed by atoms with Gasteiger partial charge in [0.25, 0.3) is 0 Å². The van der Waals surface area contributed by atoms with Crippen LogP contribution < -0.4 is 9.80 Å². The molecule has 1 aromatic heterocycles. The Morgan fingerprint density at radius 2 is 1.48 bits per heavy atom. The molecule has 0 saturated carbocycles. The maximum Gasteiger partial charge on any atom is 0.134 e. The van der Waals surface area contributed by atoms with E-state index in [2.05, 4.69) is 61.9 Å². The fraction of sp³-hybridized carbons (Fsp3) is 0.524. The van der Waals surface area contributed by atoms with Crippen molar-refractivity contribution in [2.75, 3.05) is 62.3 Å². The van der Waals surface area contributed by atoms with Crippen molar-refractivity contribution in [2.24, 2.45) is 0 Å². The summed E-state index contributed by atoms with van der Waals surface area (Å²) in [7, 11) is 0. The molecule has 1 aromatic carbocycles. The highest BCUT2D eigenvalue weighted by Crippen LogP contribution is 2.21. The van der Waals surface area contributed by atoms with Gasteiger partial charge in [-0.25, -0.2) is 9.97 Å². The van der Waals surface area contributed by atoms with Crippen molar-refractivity contribution in [3.8, 4) is 0 Å². The molecular weight excluding hydrogens is 338 g/mol. The summed E-state index contributed by atoms with van der Waals surface area (Å²) in [5.74, 6) is 2.06. The summed E-state index contributed by atoms with van der Waals surface area (Å²) in [5, 5.41) is 0. The second-order valence-electron chi connectivity index (χ2n) is 7.22. The van der Waals surface area contributed by atoms with E-state index in [-0.39, 0.29) is 0 Å². The van der Waals surface area contributed by atoms with Crippen LogP contribution in [0.1, 0.15) is 18.1 Å². The van der Waals surface area contributed by atoms with Crippen LogP contribution in [-0.4, -0.2) is 67.4 Å². The van der Waals surface area contributed by atoms with Crippen molar-refractivity contribution in [1.82, 2.24) is 14.9 Å². The molecule has 0 N–H and O–H groups in total. The highest BCUT2D eigenvalue weighted by molar-refractivity contribution is 5.50. The van der Waals surface area contributed by atoms with Crippen LogP contribution in [0.25, 0.3) is 0 Å². The van der Waals surface area contributed by atoms with E-state index in [1.807, 2.05) is 0 Å². The van der Waals surface area contributed by atoms with Gasteiger partial charge >= 0.3 is 0 Å². The summed E-state index contributed by atoms with van der Waals surface area (Å²) in [6.45, 7) is 10.8. The Balaban J connectivity index is 1.36. The third-order valence-corrected chi connectivity index (χ3v) is 5.56. The number of nitrogens with zero attached hydrogens (tertiary/aromatic N) is 5. The van der Waals surface area contributed by atoms with Crippen LogP contribution in [0.2, 0.25) is 0 Å². The molecule has 6 heteroatoms. The maximum atomic E-state index is 5.44. The Kier molecular flexibility index (Phi) is 5.84. The normalized spacial score (nSPS) is 18.7. The lowest BCUT2D eigenvalue weighted by Crippen LogP contribution is -2.46. The lowest BCUT2D eigenvalue weighted by molar-refractivity contribution is 0.122. The Morgan fingerprint density at radius 3 is 2.15 bits per heavy atom. The molecule has 0 amide bonds. The molecule has 2 aromatic rings. The van der Waals surface area contributed by atoms with Gasteiger partial charge in [-0.3, -0.25) is 4.90 Å². The predicted molar refractivity (Wildman–Crippen MR) is 108 cm³/mol. The summed E-state index contributed by atoms with van der Waals surface area (Å²) in [4.78, 5) is 16.2. The second kappa shape index (κ2) is 8.67. The van der Waals surface area contributed by atoms with Gasteiger partial charge < -0.3 is 14.5 Å². The molecule has 0 aliphatic carbocycles. The Labute approximate surface area is 161 Å². The van der Waals surface area contributed by atoms with E-state index < -0.39 is 0 Å². The summed E-state index contributed by atoms with van der Waals surface area (Å²) in [6, 6.07) is 10.9. The van der Waals surface area contributed by atoms with Gasteiger partial charge in [-0.15, -0.1) is 0 Å². The molecule has 2 fully saturated rings. The van der Waals surface area contributed by atoms with Gasteiger partial charge in [-0.2, -0.15) is 0 Å². The topological polar surface area (TPSA) is 44.7 Å². The van der Waals surface area contributed by atoms with Crippen molar-refractivity contribution in [3.63, 3.8) is 0 Å². The fourth-order valence-electron chi connectivity index (χ4n) is 3.91. The van der Waals surface area contributed by atoms with Crippen LogP contribution >= 0.6 is 0 Å². The number of hydrogen-bond acceptors (Lipinski definition) is 6. The van der Waals surface area contributed by atoms with Gasteiger partial charge in [0.1, 0.15) is 18.0 Å². The molecule has 0 atom stereocenters. The van der Waals surface area contributed by atoms with Gasteiger partial charge in [0.05, 0.1) is 13.2 Å². The minimum atomic E-state index is 0.775. The van der Waals surface area contributed by atoms with E-state index in [9.17, 15) is 0 Å². The lowest BCUT2D eigenvalue weighted by atomic mass is 10.0. The Morgan fingerprint density at radius 1 is 0.852 bits per heavy atom. The van der Waals surface area contributed by atoms with Crippen LogP contribution in [0.4, 0.5) is 11.6 Å². The molecule has 4 rings (SSSR count). The number of aryl methyl sites for hydroxylation is 1. The minimum Gasteiger partial charge on any atom is -0.378 e. The molecule has 0 radical (unpaired) electrons. The average molecular weight is 367 g/mol. The Hall–Kier alpha value is -2.18. The SMILES string of the molecule is CCc1ccccc1CN1CCN(c2cc(N3CCOCC3)ncn2)CC1. The largest absolute Gasteiger partial charge is 0.378 e. The van der Waals surface area contributed by atoms with E-state index in [0.717, 1.165) is 77.1 Å². The van der Waals surface area contributed by atoms with E-state index in [0.29, 0.717) is 0 Å². The monoisotopic (exact) mass is 367 g/mol. The summed E-state index contributed by atoms with van der Waals surface area (Å²) < 4.78 is 5.44. The van der Waals surface area contributed by atoms with Crippen LogP contribution in [0.15, 0.2) is 36.7 Å². The van der Waals surface area contributed by atoms with Crippen molar-refractivity contribution in [3.05, 3.63) is 47.8 Å². The molecular formula is C21H29N5O. The number of morpholine rings is 1. The average Bonchev–Trinajstić information content (AvgIpc) is 2.75. The Bertz CT molecular complexity index is 739. The van der Waals surface area contributed by atoms with Crippen molar-refractivity contribution in [1.29, 1.82) is 0 Å². The molecule has 2 aliphatic rings. The molecule has 0 unspecified atom stereocenters. The first kappa shape index (κ1) is 18.2. The minimum absolute atomic E-state index is 0.775. The van der Waals surface area contributed by atoms with E-state index in [4.69, 9.17) is 4.74 Å². The smallest absolute Gasteiger partial charge is 0.134 e. The van der Waals surface area contributed by atoms with E-state index >= 15 is 0 Å². The number of ether oxygens (including phenoxy) is 1. The standard InChI is InChI=1S/C21H29N5O/c1-2-18-5-3-4-6-19(18)16-24-7-9-25(10-8-24)20-15-21(23-17-22-20)26-11-13-27-14-12-26/h3-6,15,17H,2,7-14,16H2,1H3.